The number of hydrogen-bond acceptors (Lipinski definition) is 2. The van der Waals surface area contributed by atoms with Gasteiger partial charge < -0.3 is 5.73 Å². The van der Waals surface area contributed by atoms with E-state index in [1.54, 1.807) is 11.8 Å². The van der Waals surface area contributed by atoms with Crippen LogP contribution in [0, 0.1) is 20.8 Å². The summed E-state index contributed by atoms with van der Waals surface area (Å²) < 4.78 is 0. The first-order chi connectivity index (χ1) is 8.08. The number of nitrogen functional groups attached to an aromatic ring is 1. The second-order valence-electron chi connectivity index (χ2n) is 4.32. The Labute approximate surface area is 107 Å². The third-order valence-electron chi connectivity index (χ3n) is 3.03. The molecule has 0 amide bonds. The number of aryl methyl sites for hydroxylation is 2. The van der Waals surface area contributed by atoms with Crippen molar-refractivity contribution in [2.45, 2.75) is 30.6 Å². The lowest BCUT2D eigenvalue weighted by molar-refractivity contribution is 1.26. The molecule has 0 aliphatic heterocycles. The predicted octanol–water partition coefficient (Wildman–Crippen LogP) is 4.35. The molecule has 2 N–H and O–H groups in total. The third-order valence-corrected chi connectivity index (χ3v) is 4.18. The van der Waals surface area contributed by atoms with Crippen molar-refractivity contribution in [1.29, 1.82) is 0 Å². The molecule has 2 heteroatoms. The molecule has 0 fully saturated rings. The number of nitrogens with two attached hydrogens (primary N) is 1. The monoisotopic (exact) mass is 243 g/mol. The highest BCUT2D eigenvalue weighted by atomic mass is 32.2. The van der Waals surface area contributed by atoms with Gasteiger partial charge in [-0.25, -0.2) is 0 Å². The summed E-state index contributed by atoms with van der Waals surface area (Å²) in [5.41, 5.74) is 10.6. The number of anilines is 1. The summed E-state index contributed by atoms with van der Waals surface area (Å²) >= 11 is 1.77. The Balaban J connectivity index is 2.31. The highest BCUT2D eigenvalue weighted by Gasteiger charge is 2.04. The van der Waals surface area contributed by atoms with Crippen LogP contribution in [0.5, 0.6) is 0 Å². The summed E-state index contributed by atoms with van der Waals surface area (Å²) in [5.74, 6) is 0. The molecule has 0 unspecified atom stereocenters. The van der Waals surface area contributed by atoms with E-state index in [1.165, 1.54) is 20.9 Å². The van der Waals surface area contributed by atoms with Gasteiger partial charge in [0.15, 0.2) is 0 Å². The fourth-order valence-corrected chi connectivity index (χ4v) is 2.69. The fourth-order valence-electron chi connectivity index (χ4n) is 1.65. The molecule has 0 aliphatic rings. The summed E-state index contributed by atoms with van der Waals surface area (Å²) in [4.78, 5) is 2.50. The minimum atomic E-state index is 0.860. The van der Waals surface area contributed by atoms with E-state index in [9.17, 15) is 0 Å². The highest BCUT2D eigenvalue weighted by Crippen LogP contribution is 2.33. The largest absolute Gasteiger partial charge is 0.398 e. The van der Waals surface area contributed by atoms with Crippen molar-refractivity contribution < 1.29 is 0 Å². The van der Waals surface area contributed by atoms with E-state index < -0.39 is 0 Å². The molecule has 0 spiro atoms. The van der Waals surface area contributed by atoms with Crippen LogP contribution in [0.2, 0.25) is 0 Å². The van der Waals surface area contributed by atoms with Crippen LogP contribution >= 0.6 is 11.8 Å². The molecule has 0 saturated heterocycles. The summed E-state index contributed by atoms with van der Waals surface area (Å²) in [6, 6.07) is 12.6. The van der Waals surface area contributed by atoms with Crippen molar-refractivity contribution >= 4 is 17.4 Å². The zero-order chi connectivity index (χ0) is 12.4. The van der Waals surface area contributed by atoms with E-state index in [4.69, 9.17) is 5.73 Å². The van der Waals surface area contributed by atoms with Crippen LogP contribution in [0.15, 0.2) is 46.2 Å². The molecule has 17 heavy (non-hydrogen) atoms. The topological polar surface area (TPSA) is 26.0 Å². The summed E-state index contributed by atoms with van der Waals surface area (Å²) in [6.45, 7) is 6.35. The number of rotatable bonds is 2. The zero-order valence-corrected chi connectivity index (χ0v) is 11.3. The quantitative estimate of drug-likeness (QED) is 0.794. The van der Waals surface area contributed by atoms with Gasteiger partial charge in [0.2, 0.25) is 0 Å². The van der Waals surface area contributed by atoms with E-state index >= 15 is 0 Å². The summed E-state index contributed by atoms with van der Waals surface area (Å²) in [7, 11) is 0. The van der Waals surface area contributed by atoms with Crippen LogP contribution in [-0.4, -0.2) is 0 Å². The van der Waals surface area contributed by atoms with Gasteiger partial charge >= 0.3 is 0 Å². The minimum Gasteiger partial charge on any atom is -0.398 e. The Bertz CT molecular complexity index is 547. The third kappa shape index (κ3) is 2.64. The first-order valence-electron chi connectivity index (χ1n) is 5.68. The van der Waals surface area contributed by atoms with E-state index in [0.29, 0.717) is 0 Å². The molecule has 2 aromatic rings. The fraction of sp³-hybridized carbons (Fsp3) is 0.200. The predicted molar refractivity (Wildman–Crippen MR) is 75.6 cm³/mol. The van der Waals surface area contributed by atoms with E-state index in [1.807, 2.05) is 12.1 Å². The summed E-state index contributed by atoms with van der Waals surface area (Å²) in [6.07, 6.45) is 0. The van der Waals surface area contributed by atoms with Gasteiger partial charge in [0, 0.05) is 15.5 Å². The lowest BCUT2D eigenvalue weighted by atomic mass is 10.1. The number of benzene rings is 2. The van der Waals surface area contributed by atoms with E-state index in [2.05, 4.69) is 45.0 Å². The van der Waals surface area contributed by atoms with Gasteiger partial charge in [0.05, 0.1) is 0 Å². The van der Waals surface area contributed by atoms with Crippen LogP contribution < -0.4 is 5.73 Å². The van der Waals surface area contributed by atoms with Gasteiger partial charge in [-0.3, -0.25) is 0 Å². The Morgan fingerprint density at radius 2 is 1.71 bits per heavy atom. The molecule has 0 aliphatic carbocycles. The average Bonchev–Trinajstić information content (AvgIpc) is 2.30. The van der Waals surface area contributed by atoms with Crippen LogP contribution in [0.25, 0.3) is 0 Å². The van der Waals surface area contributed by atoms with Crippen LogP contribution in [0.1, 0.15) is 16.7 Å². The average molecular weight is 243 g/mol. The van der Waals surface area contributed by atoms with Crippen molar-refractivity contribution in [1.82, 2.24) is 0 Å². The maximum absolute atomic E-state index is 5.91. The SMILES string of the molecule is Cc1ccc(Sc2cccc(N)c2C)cc1C. The Kier molecular flexibility index (Phi) is 3.43. The van der Waals surface area contributed by atoms with Crippen molar-refractivity contribution in [3.05, 3.63) is 53.1 Å². The van der Waals surface area contributed by atoms with Gasteiger partial charge in [0.1, 0.15) is 0 Å². The van der Waals surface area contributed by atoms with E-state index in [0.717, 1.165) is 11.3 Å². The lowest BCUT2D eigenvalue weighted by Gasteiger charge is -2.09. The first kappa shape index (κ1) is 12.1. The zero-order valence-electron chi connectivity index (χ0n) is 10.4. The van der Waals surface area contributed by atoms with Crippen molar-refractivity contribution in [2.24, 2.45) is 0 Å². The maximum Gasteiger partial charge on any atom is 0.0355 e. The van der Waals surface area contributed by atoms with Crippen molar-refractivity contribution in [3.63, 3.8) is 0 Å². The number of hydrogen-bond donors (Lipinski definition) is 1. The van der Waals surface area contributed by atoms with Gasteiger partial charge in [0.25, 0.3) is 0 Å². The highest BCUT2D eigenvalue weighted by molar-refractivity contribution is 7.99. The molecule has 0 aromatic heterocycles. The standard InChI is InChI=1S/C15H17NS/c1-10-7-8-13(9-11(10)2)17-15-6-4-5-14(16)12(15)3/h4-9H,16H2,1-3H3. The van der Waals surface area contributed by atoms with Gasteiger partial charge in [-0.2, -0.15) is 0 Å². The van der Waals surface area contributed by atoms with Crippen LogP contribution in [0.3, 0.4) is 0 Å². The molecule has 0 radical (unpaired) electrons. The van der Waals surface area contributed by atoms with Crippen LogP contribution in [0.4, 0.5) is 5.69 Å². The molecule has 0 atom stereocenters. The van der Waals surface area contributed by atoms with E-state index in [-0.39, 0.29) is 0 Å². The van der Waals surface area contributed by atoms with Crippen molar-refractivity contribution in [3.8, 4) is 0 Å². The van der Waals surface area contributed by atoms with Gasteiger partial charge in [-0.1, -0.05) is 23.9 Å². The molecule has 1 nitrogen and oxygen atoms in total. The maximum atomic E-state index is 5.91. The molecule has 2 rings (SSSR count). The molecule has 88 valence electrons. The molecule has 0 saturated carbocycles. The first-order valence-corrected chi connectivity index (χ1v) is 6.50. The van der Waals surface area contributed by atoms with Gasteiger partial charge in [-0.05, 0) is 61.7 Å². The Morgan fingerprint density at radius 1 is 0.941 bits per heavy atom. The molecular formula is C15H17NS. The molecule has 2 aromatic carbocycles. The summed E-state index contributed by atoms with van der Waals surface area (Å²) in [5, 5.41) is 0. The molecular weight excluding hydrogens is 226 g/mol. The minimum absolute atomic E-state index is 0.860. The Hall–Kier alpha value is -1.41. The second-order valence-corrected chi connectivity index (χ2v) is 5.43. The normalized spacial score (nSPS) is 10.5. The second kappa shape index (κ2) is 4.84. The smallest absolute Gasteiger partial charge is 0.0355 e. The molecule has 0 heterocycles. The van der Waals surface area contributed by atoms with Crippen LogP contribution in [-0.2, 0) is 0 Å². The van der Waals surface area contributed by atoms with Gasteiger partial charge in [-0.15, -0.1) is 0 Å². The molecule has 0 bridgehead atoms. The van der Waals surface area contributed by atoms with Crippen molar-refractivity contribution in [2.75, 3.05) is 5.73 Å². The lowest BCUT2D eigenvalue weighted by Crippen LogP contribution is -1.90. The Morgan fingerprint density at radius 3 is 2.41 bits per heavy atom.